The number of aliphatic carboxylic acids is 1. The monoisotopic (exact) mass is 976 g/mol. The third-order valence-electron chi connectivity index (χ3n) is 12.7. The molecule has 1 aromatic carbocycles. The fourth-order valence-corrected chi connectivity index (χ4v) is 8.90. The first kappa shape index (κ1) is 56.8. The number of nitrogens with zero attached hydrogens (tertiary/aromatic N) is 3. The van der Waals surface area contributed by atoms with Crippen LogP contribution >= 0.6 is 15.9 Å². The summed E-state index contributed by atoms with van der Waals surface area (Å²) >= 11 is 3.05. The Hall–Kier alpha value is -4.35. The van der Waals surface area contributed by atoms with Crippen molar-refractivity contribution in [1.82, 2.24) is 30.7 Å². The van der Waals surface area contributed by atoms with Crippen LogP contribution in [0.2, 0.25) is 0 Å². The quantitative estimate of drug-likeness (QED) is 0.0659. The highest BCUT2D eigenvalue weighted by atomic mass is 79.9. The number of methoxy groups -OCH3 is 2. The Morgan fingerprint density at radius 2 is 1.54 bits per heavy atom. The first-order valence-corrected chi connectivity index (χ1v) is 23.8. The number of halogens is 1. The zero-order valence-corrected chi connectivity index (χ0v) is 42.1. The van der Waals surface area contributed by atoms with Crippen LogP contribution in [-0.4, -0.2) is 145 Å². The normalized spacial score (nSPS) is 17.5. The molecule has 1 aliphatic rings. The number of unbranched alkanes of at least 4 members (excludes halogenated alkanes) is 2. The summed E-state index contributed by atoms with van der Waals surface area (Å²) in [7, 11) is 6.25. The lowest BCUT2D eigenvalue weighted by Crippen LogP contribution is -2.60. The van der Waals surface area contributed by atoms with Gasteiger partial charge in [0.2, 0.25) is 29.5 Å². The molecule has 0 unspecified atom stereocenters. The molecular formula is C48H77BrN6O10. The van der Waals surface area contributed by atoms with E-state index in [1.54, 1.807) is 55.1 Å². The largest absolute Gasteiger partial charge is 0.480 e. The second-order valence-corrected chi connectivity index (χ2v) is 19.0. The topological polar surface area (TPSA) is 204 Å². The minimum atomic E-state index is -1.16. The Bertz CT molecular complexity index is 1750. The van der Waals surface area contributed by atoms with Gasteiger partial charge in [0.1, 0.15) is 18.1 Å². The molecule has 0 spiro atoms. The van der Waals surface area contributed by atoms with E-state index in [4.69, 9.17) is 9.47 Å². The Labute approximate surface area is 395 Å². The summed E-state index contributed by atoms with van der Waals surface area (Å²) < 4.78 is 12.2. The van der Waals surface area contributed by atoms with Crippen molar-refractivity contribution in [3.8, 4) is 0 Å². The van der Waals surface area contributed by atoms with Gasteiger partial charge in [-0.1, -0.05) is 98.2 Å². The molecule has 0 bridgehead atoms. The first-order valence-electron chi connectivity index (χ1n) is 23.0. The van der Waals surface area contributed by atoms with Gasteiger partial charge >= 0.3 is 5.97 Å². The van der Waals surface area contributed by atoms with Crippen molar-refractivity contribution < 1.29 is 48.1 Å². The number of ether oxygens (including phenoxy) is 2. The molecule has 9 atom stereocenters. The van der Waals surface area contributed by atoms with Gasteiger partial charge in [0.15, 0.2) is 0 Å². The second-order valence-electron chi connectivity index (χ2n) is 18.1. The van der Waals surface area contributed by atoms with E-state index in [1.165, 1.54) is 19.1 Å². The van der Waals surface area contributed by atoms with E-state index < -0.39 is 66.1 Å². The molecule has 0 aromatic heterocycles. The highest BCUT2D eigenvalue weighted by Gasteiger charge is 2.44. The molecule has 1 aromatic rings. The van der Waals surface area contributed by atoms with Crippen LogP contribution in [0.25, 0.3) is 0 Å². The number of carboxylic acid groups (broad SMARTS) is 1. The van der Waals surface area contributed by atoms with Gasteiger partial charge in [-0.05, 0) is 64.9 Å². The van der Waals surface area contributed by atoms with Gasteiger partial charge in [0.05, 0.1) is 41.1 Å². The predicted molar refractivity (Wildman–Crippen MR) is 254 cm³/mol. The van der Waals surface area contributed by atoms with Crippen LogP contribution in [0.5, 0.6) is 0 Å². The Kier molecular flexibility index (Phi) is 24.4. The van der Waals surface area contributed by atoms with Gasteiger partial charge in [-0.3, -0.25) is 28.8 Å². The van der Waals surface area contributed by atoms with Crippen molar-refractivity contribution in [1.29, 1.82) is 0 Å². The summed E-state index contributed by atoms with van der Waals surface area (Å²) in [5, 5.41) is 18.3. The maximum absolute atomic E-state index is 14.5. The van der Waals surface area contributed by atoms with Crippen LogP contribution in [0.15, 0.2) is 41.4 Å². The van der Waals surface area contributed by atoms with E-state index in [0.29, 0.717) is 51.6 Å². The van der Waals surface area contributed by atoms with Gasteiger partial charge < -0.3 is 45.2 Å². The molecule has 0 saturated carbocycles. The minimum Gasteiger partial charge on any atom is -0.480 e. The van der Waals surface area contributed by atoms with Gasteiger partial charge in [0, 0.05) is 54.2 Å². The lowest BCUT2D eigenvalue weighted by Gasteiger charge is -2.41. The summed E-state index contributed by atoms with van der Waals surface area (Å²) in [6, 6.07) is 5.06. The highest BCUT2D eigenvalue weighted by molar-refractivity contribution is 9.12. The van der Waals surface area contributed by atoms with E-state index >= 15 is 0 Å². The molecule has 0 aliphatic carbocycles. The van der Waals surface area contributed by atoms with Gasteiger partial charge in [-0.25, -0.2) is 4.79 Å². The molecule has 65 heavy (non-hydrogen) atoms. The molecular weight excluding hydrogens is 900 g/mol. The number of nitrogens with one attached hydrogen (secondary N) is 3. The van der Waals surface area contributed by atoms with Crippen molar-refractivity contribution in [2.24, 2.45) is 23.7 Å². The lowest BCUT2D eigenvalue weighted by molar-refractivity contribution is -0.149. The Balaban J connectivity index is 2.22. The summed E-state index contributed by atoms with van der Waals surface area (Å²) in [6.45, 7) is 17.5. The SMILES string of the molecule is C=C(Br)C(=O)NCCCCCC(=O)N(C)[C@H](C(=O)N[C@@H](C(=O)N(C)[C@@H]([C@@H](C)CC)[C@@H](CC(=O)N1CCC[C@H]1[C@H](OC)[C@@H](C)C(=O)N[C@@H](Cc1ccccc1)C(=O)O)OC)C(C)C)C(C)C. The number of likely N-dealkylation sites (N-methyl/N-ethyl adjacent to an activating group) is 2. The van der Waals surface area contributed by atoms with Crippen LogP contribution in [0.3, 0.4) is 0 Å². The standard InChI is InChI=1S/C48H77BrN6O10/c1-13-31(6)42(54(10)47(61)40(29(2)3)52-46(60)41(30(4)5)53(9)38(56)24-18-15-19-25-50-45(59)33(8)49)37(64-11)28-39(57)55-26-20-23-36(55)43(65-12)32(7)44(58)51-35(48(62)63)27-34-21-16-14-17-22-34/h14,16-17,21-22,29-32,35-37,40-43H,8,13,15,18-20,23-28H2,1-7,9-12H3,(H,50,59)(H,51,58)(H,52,60)(H,62,63)/t31-,32+,35-,36-,37+,40+,41-,42-,43+/m0/s1. The molecule has 1 heterocycles. The third kappa shape index (κ3) is 16.8. The van der Waals surface area contributed by atoms with Crippen LogP contribution in [0, 0.1) is 23.7 Å². The number of carboxylic acids is 1. The summed E-state index contributed by atoms with van der Waals surface area (Å²) in [5.41, 5.74) is 0.766. The summed E-state index contributed by atoms with van der Waals surface area (Å²) in [5.74, 6) is -4.68. The number of amides is 6. The van der Waals surface area contributed by atoms with E-state index in [9.17, 15) is 38.7 Å². The van der Waals surface area contributed by atoms with E-state index in [0.717, 1.165) is 5.56 Å². The summed E-state index contributed by atoms with van der Waals surface area (Å²) in [4.78, 5) is 98.4. The fourth-order valence-electron chi connectivity index (χ4n) is 8.76. The van der Waals surface area contributed by atoms with Crippen molar-refractivity contribution in [3.63, 3.8) is 0 Å². The molecule has 6 amide bonds. The average molecular weight is 978 g/mol. The molecule has 1 fully saturated rings. The van der Waals surface area contributed by atoms with Crippen molar-refractivity contribution in [3.05, 3.63) is 47.0 Å². The Morgan fingerprint density at radius 1 is 0.892 bits per heavy atom. The zero-order valence-electron chi connectivity index (χ0n) is 40.6. The van der Waals surface area contributed by atoms with Crippen LogP contribution in [0.4, 0.5) is 0 Å². The third-order valence-corrected chi connectivity index (χ3v) is 13.1. The molecule has 1 saturated heterocycles. The maximum Gasteiger partial charge on any atom is 0.326 e. The number of carbonyl (C=O) groups is 7. The van der Waals surface area contributed by atoms with E-state index in [2.05, 4.69) is 38.5 Å². The number of carbonyl (C=O) groups excluding carboxylic acids is 6. The number of hydrogen-bond acceptors (Lipinski definition) is 9. The molecule has 4 N–H and O–H groups in total. The molecule has 17 heteroatoms. The molecule has 0 radical (unpaired) electrons. The van der Waals surface area contributed by atoms with Gasteiger partial charge in [-0.2, -0.15) is 0 Å². The Morgan fingerprint density at radius 3 is 2.08 bits per heavy atom. The molecule has 16 nitrogen and oxygen atoms in total. The number of likely N-dealkylation sites (tertiary alicyclic amines) is 1. The number of rotatable bonds is 28. The van der Waals surface area contributed by atoms with Crippen molar-refractivity contribution in [2.45, 2.75) is 149 Å². The van der Waals surface area contributed by atoms with Gasteiger partial charge in [-0.15, -0.1) is 0 Å². The second kappa shape index (κ2) is 28.0. The molecule has 1 aliphatic heterocycles. The molecule has 2 rings (SSSR count). The van der Waals surface area contributed by atoms with Crippen molar-refractivity contribution >= 4 is 57.3 Å². The molecule has 366 valence electrons. The lowest BCUT2D eigenvalue weighted by atomic mass is 9.89. The van der Waals surface area contributed by atoms with Crippen LogP contribution < -0.4 is 16.0 Å². The highest BCUT2D eigenvalue weighted by Crippen LogP contribution is 2.30. The van der Waals surface area contributed by atoms with E-state index in [-0.39, 0.29) is 65.1 Å². The first-order chi connectivity index (χ1) is 30.6. The predicted octanol–water partition coefficient (Wildman–Crippen LogP) is 4.93. The van der Waals surface area contributed by atoms with Crippen LogP contribution in [0.1, 0.15) is 105 Å². The van der Waals surface area contributed by atoms with Crippen LogP contribution in [-0.2, 0) is 49.5 Å². The summed E-state index contributed by atoms with van der Waals surface area (Å²) in [6.07, 6.45) is 2.64. The smallest absolute Gasteiger partial charge is 0.326 e. The average Bonchev–Trinajstić information content (AvgIpc) is 3.75. The number of hydrogen-bond donors (Lipinski definition) is 4. The maximum atomic E-state index is 14.5. The van der Waals surface area contributed by atoms with Crippen molar-refractivity contribution in [2.75, 3.05) is 41.4 Å². The van der Waals surface area contributed by atoms with Gasteiger partial charge in [0.25, 0.3) is 5.91 Å². The fraction of sp³-hybridized carbons (Fsp3) is 0.688. The van der Waals surface area contributed by atoms with E-state index in [1.807, 2.05) is 47.6 Å². The minimum absolute atomic E-state index is 0.0723. The number of benzene rings is 1. The zero-order chi connectivity index (χ0) is 49.1.